The van der Waals surface area contributed by atoms with Gasteiger partial charge in [-0.15, -0.1) is 6.58 Å². The number of hydrogen-bond donors (Lipinski definition) is 1. The first-order valence-electron chi connectivity index (χ1n) is 10.6. The molecule has 0 radical (unpaired) electrons. The molecule has 0 saturated carbocycles. The predicted molar refractivity (Wildman–Crippen MR) is 127 cm³/mol. The Morgan fingerprint density at radius 3 is 2.00 bits per heavy atom. The van der Waals surface area contributed by atoms with Crippen LogP contribution in [0.2, 0.25) is 0 Å². The van der Waals surface area contributed by atoms with E-state index in [1.165, 1.54) is 22.3 Å². The maximum absolute atomic E-state index is 10.6. The summed E-state index contributed by atoms with van der Waals surface area (Å²) in [5.41, 5.74) is 7.66. The van der Waals surface area contributed by atoms with Crippen LogP contribution < -0.4 is 0 Å². The van der Waals surface area contributed by atoms with Crippen molar-refractivity contribution < 1.29 is 5.11 Å². The lowest BCUT2D eigenvalue weighted by Gasteiger charge is -2.21. The number of allylic oxidation sites excluding steroid dienone is 1. The Kier molecular flexibility index (Phi) is 7.11. The minimum atomic E-state index is 0.0135. The van der Waals surface area contributed by atoms with Gasteiger partial charge in [0.25, 0.3) is 0 Å². The number of aromatic hydroxyl groups is 1. The molecular formula is C27H37NO. The van der Waals surface area contributed by atoms with E-state index >= 15 is 0 Å². The summed E-state index contributed by atoms with van der Waals surface area (Å²) in [4.78, 5) is 4.93. The number of phenols is 1. The highest BCUT2D eigenvalue weighted by molar-refractivity contribution is 5.87. The minimum absolute atomic E-state index is 0.0135. The molecule has 0 atom stereocenters. The first kappa shape index (κ1) is 22.9. The van der Waals surface area contributed by atoms with Crippen molar-refractivity contribution in [2.75, 3.05) is 0 Å². The van der Waals surface area contributed by atoms with Gasteiger partial charge in [-0.05, 0) is 64.5 Å². The lowest BCUT2D eigenvalue weighted by atomic mass is 9.85. The maximum Gasteiger partial charge on any atom is 0.127 e. The zero-order valence-corrected chi connectivity index (χ0v) is 19.4. The Hall–Kier alpha value is -2.35. The van der Waals surface area contributed by atoms with Gasteiger partial charge >= 0.3 is 0 Å². The standard InChI is InChI=1S/C27H37NO/c1-10-11-20-13-23(17(2)3)25(24(14-20)18(4)5)28-16-21-15-22(27(7,8)9)12-19(6)26(21)29/h10,12-18,29H,1,11H2,2-9H3. The second-order valence-electron chi connectivity index (χ2n) is 9.66. The molecule has 2 aromatic rings. The molecule has 0 unspecified atom stereocenters. The fraction of sp³-hybridized carbons (Fsp3) is 0.444. The third-order valence-corrected chi connectivity index (χ3v) is 5.38. The SMILES string of the molecule is C=CCc1cc(C(C)C)c(N=Cc2cc(C(C)(C)C)cc(C)c2O)c(C(C)C)c1. The van der Waals surface area contributed by atoms with Crippen LogP contribution in [0.25, 0.3) is 0 Å². The summed E-state index contributed by atoms with van der Waals surface area (Å²) in [5.74, 6) is 1.03. The zero-order chi connectivity index (χ0) is 21.9. The number of aryl methyl sites for hydroxylation is 1. The van der Waals surface area contributed by atoms with Crippen molar-refractivity contribution >= 4 is 11.9 Å². The van der Waals surface area contributed by atoms with E-state index in [4.69, 9.17) is 4.99 Å². The Labute approximate surface area is 177 Å². The Balaban J connectivity index is 2.66. The van der Waals surface area contributed by atoms with Gasteiger partial charge in [-0.2, -0.15) is 0 Å². The van der Waals surface area contributed by atoms with Crippen molar-refractivity contribution in [1.29, 1.82) is 0 Å². The molecule has 2 heteroatoms. The number of aliphatic imine (C=N–C) groups is 1. The molecule has 0 heterocycles. The van der Waals surface area contributed by atoms with E-state index in [1.807, 2.05) is 19.2 Å². The van der Waals surface area contributed by atoms with E-state index in [0.717, 1.165) is 23.2 Å². The summed E-state index contributed by atoms with van der Waals surface area (Å²) in [7, 11) is 0. The van der Waals surface area contributed by atoms with Crippen LogP contribution in [0.15, 0.2) is 41.9 Å². The number of rotatable bonds is 6. The Morgan fingerprint density at radius 2 is 1.55 bits per heavy atom. The van der Waals surface area contributed by atoms with E-state index in [9.17, 15) is 5.11 Å². The van der Waals surface area contributed by atoms with Gasteiger partial charge in [-0.25, -0.2) is 0 Å². The molecule has 0 saturated heterocycles. The van der Waals surface area contributed by atoms with Gasteiger partial charge in [0.2, 0.25) is 0 Å². The summed E-state index contributed by atoms with van der Waals surface area (Å²) in [6.45, 7) is 21.2. The molecule has 0 aliphatic carbocycles. The van der Waals surface area contributed by atoms with Crippen molar-refractivity contribution in [2.45, 2.75) is 79.1 Å². The summed E-state index contributed by atoms with van der Waals surface area (Å²) in [6.07, 6.45) is 4.64. The van der Waals surface area contributed by atoms with E-state index in [0.29, 0.717) is 17.6 Å². The molecule has 0 amide bonds. The maximum atomic E-state index is 10.6. The van der Waals surface area contributed by atoms with Crippen molar-refractivity contribution in [3.8, 4) is 5.75 Å². The van der Waals surface area contributed by atoms with Gasteiger partial charge in [0.05, 0.1) is 5.69 Å². The van der Waals surface area contributed by atoms with Crippen LogP contribution in [0, 0.1) is 6.92 Å². The van der Waals surface area contributed by atoms with Crippen molar-refractivity contribution in [2.24, 2.45) is 4.99 Å². The Morgan fingerprint density at radius 1 is 1.00 bits per heavy atom. The first-order chi connectivity index (χ1) is 13.5. The second kappa shape index (κ2) is 8.98. The van der Waals surface area contributed by atoms with Crippen molar-refractivity contribution in [1.82, 2.24) is 0 Å². The first-order valence-corrected chi connectivity index (χ1v) is 10.6. The molecule has 0 fully saturated rings. The number of nitrogens with zero attached hydrogens (tertiary/aromatic N) is 1. The van der Waals surface area contributed by atoms with Gasteiger partial charge in [0, 0.05) is 11.8 Å². The number of benzene rings is 2. The smallest absolute Gasteiger partial charge is 0.127 e. The van der Waals surface area contributed by atoms with Gasteiger partial charge in [0.1, 0.15) is 5.75 Å². The fourth-order valence-electron chi connectivity index (χ4n) is 3.53. The third-order valence-electron chi connectivity index (χ3n) is 5.38. The summed E-state index contributed by atoms with van der Waals surface area (Å²) in [5, 5.41) is 10.6. The third kappa shape index (κ3) is 5.38. The van der Waals surface area contributed by atoms with Crippen LogP contribution in [0.4, 0.5) is 5.69 Å². The average Bonchev–Trinajstić information content (AvgIpc) is 2.61. The molecule has 2 nitrogen and oxygen atoms in total. The largest absolute Gasteiger partial charge is 0.507 e. The Bertz CT molecular complexity index is 882. The molecule has 2 rings (SSSR count). The molecule has 0 aliphatic heterocycles. The zero-order valence-electron chi connectivity index (χ0n) is 19.4. The average molecular weight is 392 g/mol. The monoisotopic (exact) mass is 391 g/mol. The predicted octanol–water partition coefficient (Wildman–Crippen LogP) is 7.72. The minimum Gasteiger partial charge on any atom is -0.507 e. The molecule has 0 aromatic heterocycles. The van der Waals surface area contributed by atoms with Crippen LogP contribution in [0.5, 0.6) is 5.75 Å². The van der Waals surface area contributed by atoms with Crippen LogP contribution in [0.3, 0.4) is 0 Å². The van der Waals surface area contributed by atoms with Gasteiger partial charge < -0.3 is 5.11 Å². The van der Waals surface area contributed by atoms with Gasteiger partial charge in [-0.3, -0.25) is 4.99 Å². The molecule has 29 heavy (non-hydrogen) atoms. The lowest BCUT2D eigenvalue weighted by Crippen LogP contribution is -2.12. The molecule has 0 bridgehead atoms. The van der Waals surface area contributed by atoms with Crippen LogP contribution in [0.1, 0.15) is 93.7 Å². The van der Waals surface area contributed by atoms with Gasteiger partial charge in [-0.1, -0.05) is 72.7 Å². The fourth-order valence-corrected chi connectivity index (χ4v) is 3.53. The summed E-state index contributed by atoms with van der Waals surface area (Å²) in [6, 6.07) is 8.63. The molecule has 0 spiro atoms. The summed E-state index contributed by atoms with van der Waals surface area (Å²) < 4.78 is 0. The number of hydrogen-bond acceptors (Lipinski definition) is 2. The van der Waals surface area contributed by atoms with Crippen molar-refractivity contribution in [3.05, 3.63) is 70.3 Å². The second-order valence-corrected chi connectivity index (χ2v) is 9.66. The van der Waals surface area contributed by atoms with E-state index in [-0.39, 0.29) is 5.41 Å². The lowest BCUT2D eigenvalue weighted by molar-refractivity contribution is 0.469. The van der Waals surface area contributed by atoms with Crippen molar-refractivity contribution in [3.63, 3.8) is 0 Å². The number of phenolic OH excluding ortho intramolecular Hbond substituents is 1. The van der Waals surface area contributed by atoms with E-state index < -0.39 is 0 Å². The van der Waals surface area contributed by atoms with E-state index in [1.54, 1.807) is 0 Å². The van der Waals surface area contributed by atoms with Crippen LogP contribution in [-0.4, -0.2) is 11.3 Å². The molecule has 0 aliphatic rings. The highest BCUT2D eigenvalue weighted by Crippen LogP contribution is 2.37. The van der Waals surface area contributed by atoms with Gasteiger partial charge in [0.15, 0.2) is 0 Å². The molecular weight excluding hydrogens is 354 g/mol. The van der Waals surface area contributed by atoms with E-state index in [2.05, 4.69) is 79.3 Å². The van der Waals surface area contributed by atoms with Crippen LogP contribution in [-0.2, 0) is 11.8 Å². The topological polar surface area (TPSA) is 32.6 Å². The highest BCUT2D eigenvalue weighted by atomic mass is 16.3. The van der Waals surface area contributed by atoms with Crippen LogP contribution >= 0.6 is 0 Å². The highest BCUT2D eigenvalue weighted by Gasteiger charge is 2.18. The molecule has 1 N–H and O–H groups in total. The quantitative estimate of drug-likeness (QED) is 0.396. The summed E-state index contributed by atoms with van der Waals surface area (Å²) >= 11 is 0. The molecule has 2 aromatic carbocycles. The molecule has 156 valence electrons. The normalized spacial score (nSPS) is 12.3.